The number of rotatable bonds is 6. The van der Waals surface area contributed by atoms with Crippen molar-refractivity contribution in [2.75, 3.05) is 0 Å². The molecule has 8 nitrogen and oxygen atoms in total. The van der Waals surface area contributed by atoms with E-state index >= 15 is 0 Å². The summed E-state index contributed by atoms with van der Waals surface area (Å²) in [5.74, 6) is -1.76. The fourth-order valence-electron chi connectivity index (χ4n) is 5.31. The molecule has 8 bridgehead atoms. The van der Waals surface area contributed by atoms with Gasteiger partial charge in [-0.3, -0.25) is 9.59 Å². The van der Waals surface area contributed by atoms with Crippen molar-refractivity contribution in [2.24, 2.45) is 0 Å². The number of allylic oxidation sites excluding steroid dienone is 4. The molecule has 5 rings (SSSR count). The minimum Gasteiger partial charge on any atom is -0.657 e. The van der Waals surface area contributed by atoms with Crippen LogP contribution in [0.25, 0.3) is 44.4 Å². The molecule has 0 aromatic carbocycles. The zero-order valence-corrected chi connectivity index (χ0v) is 25.1. The molecule has 5 heterocycles. The Hall–Kier alpha value is -3.94. The van der Waals surface area contributed by atoms with Crippen molar-refractivity contribution >= 4 is 56.3 Å². The average Bonchev–Trinajstić information content (AvgIpc) is 3.53. The molecule has 0 unspecified atom stereocenters. The van der Waals surface area contributed by atoms with Crippen molar-refractivity contribution in [3.05, 3.63) is 69.3 Å². The van der Waals surface area contributed by atoms with Crippen molar-refractivity contribution < 1.29 is 36.9 Å². The third-order valence-corrected chi connectivity index (χ3v) is 8.19. The number of carbonyl (C=O) groups is 2. The number of carboxylic acids is 2. The number of hydrogen-bond acceptors (Lipinski definition) is 4. The maximum atomic E-state index is 11.5. The summed E-state index contributed by atoms with van der Waals surface area (Å²) in [5, 5.41) is 18.8. The molecule has 2 N–H and O–H groups in total. The predicted molar refractivity (Wildman–Crippen MR) is 157 cm³/mol. The molecule has 0 aliphatic carbocycles. The van der Waals surface area contributed by atoms with Crippen molar-refractivity contribution in [3.8, 4) is 0 Å². The van der Waals surface area contributed by atoms with Gasteiger partial charge in [-0.15, -0.1) is 22.1 Å². The molecular weight excluding hydrogens is 560 g/mol. The maximum Gasteiger partial charge on any atom is 2.00 e. The molecule has 3 aromatic heterocycles. The minimum absolute atomic E-state index is 0. The Morgan fingerprint density at radius 1 is 0.610 bits per heavy atom. The summed E-state index contributed by atoms with van der Waals surface area (Å²) in [5.41, 5.74) is 13.8. The molecule has 0 saturated carbocycles. The van der Waals surface area contributed by atoms with Gasteiger partial charge in [0.2, 0.25) is 0 Å². The van der Waals surface area contributed by atoms with Gasteiger partial charge in [-0.2, -0.15) is 0 Å². The van der Waals surface area contributed by atoms with Crippen molar-refractivity contribution in [1.29, 1.82) is 0 Å². The van der Waals surface area contributed by atoms with Gasteiger partial charge in [0.05, 0.1) is 22.8 Å². The molecular formula is C32H32FeN4O4. The van der Waals surface area contributed by atoms with E-state index in [9.17, 15) is 19.8 Å². The Morgan fingerprint density at radius 2 is 1.02 bits per heavy atom. The molecule has 0 spiro atoms. The van der Waals surface area contributed by atoms with Gasteiger partial charge in [0.1, 0.15) is 0 Å². The third-order valence-electron chi connectivity index (χ3n) is 8.19. The van der Waals surface area contributed by atoms with Crippen LogP contribution < -0.4 is 9.97 Å². The van der Waals surface area contributed by atoms with Gasteiger partial charge in [-0.25, -0.2) is 9.97 Å². The molecule has 41 heavy (non-hydrogen) atoms. The van der Waals surface area contributed by atoms with E-state index < -0.39 is 11.9 Å². The zero-order chi connectivity index (χ0) is 28.9. The van der Waals surface area contributed by atoms with Gasteiger partial charge in [0, 0.05) is 12.8 Å². The summed E-state index contributed by atoms with van der Waals surface area (Å²) in [7, 11) is 0. The van der Waals surface area contributed by atoms with Crippen LogP contribution in [0.4, 0.5) is 0 Å². The number of aliphatic carboxylic acids is 2. The maximum absolute atomic E-state index is 11.5. The van der Waals surface area contributed by atoms with Gasteiger partial charge in [-0.1, -0.05) is 46.5 Å². The van der Waals surface area contributed by atoms with Crippen LogP contribution in [-0.4, -0.2) is 32.1 Å². The Balaban J connectivity index is 0.00000387. The summed E-state index contributed by atoms with van der Waals surface area (Å²) in [6.45, 7) is 12.1. The molecule has 212 valence electrons. The average molecular weight is 592 g/mol. The van der Waals surface area contributed by atoms with Gasteiger partial charge < -0.3 is 20.2 Å². The van der Waals surface area contributed by atoms with E-state index in [4.69, 9.17) is 19.9 Å². The Morgan fingerprint density at radius 3 is 1.56 bits per heavy atom. The van der Waals surface area contributed by atoms with Gasteiger partial charge >= 0.3 is 29.0 Å². The quantitative estimate of drug-likeness (QED) is 0.321. The summed E-state index contributed by atoms with van der Waals surface area (Å²) < 4.78 is 0. The van der Waals surface area contributed by atoms with Gasteiger partial charge in [-0.05, 0) is 76.7 Å². The van der Waals surface area contributed by atoms with Crippen LogP contribution in [0, 0.1) is 20.8 Å². The monoisotopic (exact) mass is 592 g/mol. The van der Waals surface area contributed by atoms with E-state index in [0.29, 0.717) is 24.1 Å². The summed E-state index contributed by atoms with van der Waals surface area (Å²) >= 11 is 0. The standard InChI is InChI=1S/C32H34N4O4.Fe/c1-15-17(3)25-12-27-19(5)21(7-9-31(37)38)29(35-27)14-30-22(8-10-32(39)40)20(6)28(36-30)13-26-18(4)16(2)24(34-26)11-23(15)33-25;/h11-14H,7-10H2,1-6H3,(H4,33,34,35,36,37,38,39,40);/q;+2/p-2. The van der Waals surface area contributed by atoms with Crippen molar-refractivity contribution in [1.82, 2.24) is 19.9 Å². The fraction of sp³-hybridized carbons (Fsp3) is 0.312. The number of nitrogens with zero attached hydrogens (tertiary/aromatic N) is 4. The first-order chi connectivity index (χ1) is 18.9. The van der Waals surface area contributed by atoms with E-state index in [1.165, 1.54) is 0 Å². The van der Waals surface area contributed by atoms with Crippen LogP contribution in [0.2, 0.25) is 0 Å². The first-order valence-corrected chi connectivity index (χ1v) is 13.4. The Kier molecular flexibility index (Phi) is 8.43. The first kappa shape index (κ1) is 30.0. The van der Waals surface area contributed by atoms with E-state index in [-0.39, 0.29) is 29.9 Å². The smallest absolute Gasteiger partial charge is 0.657 e. The number of carboxylic acid groups (broad SMARTS) is 2. The number of fused-ring (bicyclic) bond motifs is 8. The van der Waals surface area contributed by atoms with Crippen LogP contribution in [0.5, 0.6) is 0 Å². The first-order valence-electron chi connectivity index (χ1n) is 13.4. The summed E-state index contributed by atoms with van der Waals surface area (Å²) in [6, 6.07) is 7.80. The normalized spacial score (nSPS) is 13.0. The molecule has 0 saturated heterocycles. The zero-order valence-electron chi connectivity index (χ0n) is 24.0. The summed E-state index contributed by atoms with van der Waals surface area (Å²) in [4.78, 5) is 42.7. The van der Waals surface area contributed by atoms with Crippen LogP contribution in [0.15, 0.2) is 24.3 Å². The second-order valence-corrected chi connectivity index (χ2v) is 10.6. The Bertz CT molecular complexity index is 1820. The van der Waals surface area contributed by atoms with Crippen LogP contribution in [0.1, 0.15) is 85.1 Å². The van der Waals surface area contributed by atoms with Crippen molar-refractivity contribution in [2.45, 2.75) is 67.2 Å². The molecule has 2 aliphatic rings. The van der Waals surface area contributed by atoms with E-state index in [2.05, 4.69) is 13.8 Å². The van der Waals surface area contributed by atoms with E-state index in [0.717, 1.165) is 78.2 Å². The van der Waals surface area contributed by atoms with Crippen LogP contribution >= 0.6 is 0 Å². The number of aromatic nitrogens is 4. The third kappa shape index (κ3) is 5.65. The predicted octanol–water partition coefficient (Wildman–Crippen LogP) is 6.26. The van der Waals surface area contributed by atoms with Crippen molar-refractivity contribution in [3.63, 3.8) is 0 Å². The number of hydrogen-bond donors (Lipinski definition) is 2. The van der Waals surface area contributed by atoms with E-state index in [1.54, 1.807) is 0 Å². The largest absolute Gasteiger partial charge is 2.00 e. The minimum atomic E-state index is -0.881. The van der Waals surface area contributed by atoms with E-state index in [1.807, 2.05) is 52.0 Å². The van der Waals surface area contributed by atoms with Crippen LogP contribution in [-0.2, 0) is 33.1 Å². The SMILES string of the molecule is CC1=C(C)c2cc3[n-]c(cc4nc(cc5[n-]c(cc1n2)c(C)c5C)C(C)=C4CCC(=O)O)c(CCC(=O)O)c3C.[Fe+2]. The fourth-order valence-corrected chi connectivity index (χ4v) is 5.31. The molecule has 2 aliphatic heterocycles. The molecule has 3 aromatic rings. The molecule has 9 heteroatoms. The van der Waals surface area contributed by atoms with Gasteiger partial charge in [0.25, 0.3) is 0 Å². The number of aryl methyl sites for hydroxylation is 4. The topological polar surface area (TPSA) is 129 Å². The van der Waals surface area contributed by atoms with Gasteiger partial charge in [0.15, 0.2) is 0 Å². The molecule has 0 radical (unpaired) electrons. The van der Waals surface area contributed by atoms with Crippen LogP contribution in [0.3, 0.4) is 0 Å². The Labute approximate surface area is 249 Å². The molecule has 0 amide bonds. The molecule has 0 atom stereocenters. The molecule has 0 fully saturated rings. The second kappa shape index (κ2) is 11.5. The second-order valence-electron chi connectivity index (χ2n) is 10.6. The summed E-state index contributed by atoms with van der Waals surface area (Å²) in [6.07, 6.45) is 0.586.